The molecule has 0 bridgehead atoms. The molecular formula is C13H24N4O3. The average molecular weight is 284 g/mol. The Bertz CT molecular complexity index is 363. The van der Waals surface area contributed by atoms with Crippen molar-refractivity contribution in [1.82, 2.24) is 20.4 Å². The van der Waals surface area contributed by atoms with Crippen LogP contribution in [0.4, 0.5) is 0 Å². The Labute approximate surface area is 119 Å². The quantitative estimate of drug-likeness (QED) is 0.637. The smallest absolute Gasteiger partial charge is 0.312 e. The number of nitrogens with zero attached hydrogens (tertiary/aromatic N) is 2. The number of hydrogen-bond donors (Lipinski definition) is 2. The number of likely N-dealkylation sites (N-methyl/N-ethyl adjacent to an activating group) is 1. The van der Waals surface area contributed by atoms with Crippen molar-refractivity contribution in [1.29, 1.82) is 0 Å². The van der Waals surface area contributed by atoms with Crippen LogP contribution in [0.5, 0.6) is 0 Å². The van der Waals surface area contributed by atoms with Gasteiger partial charge in [0, 0.05) is 32.7 Å². The van der Waals surface area contributed by atoms with Crippen molar-refractivity contribution in [2.75, 3.05) is 39.8 Å². The zero-order valence-corrected chi connectivity index (χ0v) is 12.4. The number of nitrogens with one attached hydrogen (secondary N) is 2. The third-order valence-electron chi connectivity index (χ3n) is 2.99. The summed E-state index contributed by atoms with van der Waals surface area (Å²) in [5.41, 5.74) is 0. The molecule has 1 rings (SSSR count). The molecule has 7 nitrogen and oxygen atoms in total. The van der Waals surface area contributed by atoms with Gasteiger partial charge in [0.05, 0.1) is 6.54 Å². The molecule has 1 aliphatic rings. The van der Waals surface area contributed by atoms with E-state index in [2.05, 4.69) is 10.6 Å². The summed E-state index contributed by atoms with van der Waals surface area (Å²) in [6.45, 7) is 6.22. The van der Waals surface area contributed by atoms with E-state index >= 15 is 0 Å². The minimum atomic E-state index is -0.634. The predicted molar refractivity (Wildman–Crippen MR) is 75.0 cm³/mol. The molecule has 114 valence electrons. The lowest BCUT2D eigenvalue weighted by molar-refractivity contribution is -0.151. The minimum Gasteiger partial charge on any atom is -0.352 e. The first-order valence-electron chi connectivity index (χ1n) is 6.96. The molecule has 0 radical (unpaired) electrons. The van der Waals surface area contributed by atoms with E-state index in [1.807, 2.05) is 13.8 Å². The second kappa shape index (κ2) is 7.84. The number of rotatable bonds is 3. The van der Waals surface area contributed by atoms with Crippen LogP contribution in [0, 0.1) is 0 Å². The Balaban J connectivity index is 2.50. The Morgan fingerprint density at radius 3 is 2.60 bits per heavy atom. The fraction of sp³-hybridized carbons (Fsp3) is 0.769. The zero-order valence-electron chi connectivity index (χ0n) is 12.4. The van der Waals surface area contributed by atoms with Crippen molar-refractivity contribution >= 4 is 17.7 Å². The van der Waals surface area contributed by atoms with Crippen LogP contribution in [0.3, 0.4) is 0 Å². The summed E-state index contributed by atoms with van der Waals surface area (Å²) < 4.78 is 0. The summed E-state index contributed by atoms with van der Waals surface area (Å²) >= 11 is 0. The second-order valence-corrected chi connectivity index (χ2v) is 5.28. The third kappa shape index (κ3) is 5.16. The first-order chi connectivity index (χ1) is 9.41. The molecule has 2 N–H and O–H groups in total. The van der Waals surface area contributed by atoms with E-state index in [9.17, 15) is 14.4 Å². The molecule has 1 heterocycles. The van der Waals surface area contributed by atoms with Gasteiger partial charge in [-0.05, 0) is 26.8 Å². The molecule has 0 spiro atoms. The van der Waals surface area contributed by atoms with Crippen LogP contribution in [0.25, 0.3) is 0 Å². The number of amides is 3. The van der Waals surface area contributed by atoms with Gasteiger partial charge < -0.3 is 20.4 Å². The minimum absolute atomic E-state index is 0.0124. The molecule has 0 aromatic rings. The van der Waals surface area contributed by atoms with E-state index < -0.39 is 11.8 Å². The maximum Gasteiger partial charge on any atom is 0.312 e. The summed E-state index contributed by atoms with van der Waals surface area (Å²) in [6.07, 6.45) is 0.830. The van der Waals surface area contributed by atoms with Crippen LogP contribution >= 0.6 is 0 Å². The summed E-state index contributed by atoms with van der Waals surface area (Å²) in [5, 5.41) is 5.86. The average Bonchev–Trinajstić information content (AvgIpc) is 2.64. The van der Waals surface area contributed by atoms with Gasteiger partial charge in [-0.3, -0.25) is 14.4 Å². The van der Waals surface area contributed by atoms with Crippen LogP contribution in [-0.2, 0) is 14.4 Å². The van der Waals surface area contributed by atoms with Crippen LogP contribution in [0.2, 0.25) is 0 Å². The zero-order chi connectivity index (χ0) is 15.1. The summed E-state index contributed by atoms with van der Waals surface area (Å²) in [7, 11) is 1.47. The molecular weight excluding hydrogens is 260 g/mol. The highest BCUT2D eigenvalue weighted by atomic mass is 16.2. The van der Waals surface area contributed by atoms with Crippen LogP contribution in [0.15, 0.2) is 0 Å². The molecule has 0 unspecified atom stereocenters. The summed E-state index contributed by atoms with van der Waals surface area (Å²) in [4.78, 5) is 38.4. The fourth-order valence-electron chi connectivity index (χ4n) is 2.00. The lowest BCUT2D eigenvalue weighted by Gasteiger charge is -2.23. The van der Waals surface area contributed by atoms with Crippen molar-refractivity contribution in [3.05, 3.63) is 0 Å². The van der Waals surface area contributed by atoms with Gasteiger partial charge in [-0.25, -0.2) is 0 Å². The van der Waals surface area contributed by atoms with Crippen LogP contribution in [-0.4, -0.2) is 73.3 Å². The fourth-order valence-corrected chi connectivity index (χ4v) is 2.00. The van der Waals surface area contributed by atoms with Crippen molar-refractivity contribution in [3.8, 4) is 0 Å². The molecule has 0 saturated carbocycles. The molecule has 0 aliphatic carbocycles. The van der Waals surface area contributed by atoms with Gasteiger partial charge in [-0.15, -0.1) is 0 Å². The molecule has 20 heavy (non-hydrogen) atoms. The highest BCUT2D eigenvalue weighted by molar-refractivity contribution is 6.35. The molecule has 1 fully saturated rings. The first-order valence-corrected chi connectivity index (χ1v) is 6.96. The summed E-state index contributed by atoms with van der Waals surface area (Å²) in [6, 6.07) is 0.0124. The molecule has 0 aromatic carbocycles. The van der Waals surface area contributed by atoms with Gasteiger partial charge in [-0.1, -0.05) is 0 Å². The maximum absolute atomic E-state index is 12.1. The monoisotopic (exact) mass is 284 g/mol. The maximum atomic E-state index is 12.1. The van der Waals surface area contributed by atoms with E-state index in [0.29, 0.717) is 19.6 Å². The molecule has 3 amide bonds. The lowest BCUT2D eigenvalue weighted by atomic mass is 10.3. The highest BCUT2D eigenvalue weighted by Gasteiger charge is 2.26. The first kappa shape index (κ1) is 16.4. The lowest BCUT2D eigenvalue weighted by Crippen LogP contribution is -2.48. The Hall–Kier alpha value is -1.63. The Morgan fingerprint density at radius 1 is 1.25 bits per heavy atom. The molecule has 0 atom stereocenters. The topological polar surface area (TPSA) is 81.8 Å². The van der Waals surface area contributed by atoms with E-state index in [1.165, 1.54) is 11.9 Å². The Morgan fingerprint density at radius 2 is 1.95 bits per heavy atom. The van der Waals surface area contributed by atoms with Gasteiger partial charge >= 0.3 is 11.8 Å². The van der Waals surface area contributed by atoms with E-state index in [0.717, 1.165) is 13.0 Å². The number of carbonyl (C=O) groups excluding carboxylic acids is 3. The molecule has 7 heteroatoms. The van der Waals surface area contributed by atoms with E-state index in [-0.39, 0.29) is 18.5 Å². The van der Waals surface area contributed by atoms with Gasteiger partial charge in [-0.2, -0.15) is 0 Å². The molecule has 1 saturated heterocycles. The van der Waals surface area contributed by atoms with Gasteiger partial charge in [0.1, 0.15) is 0 Å². The van der Waals surface area contributed by atoms with Crippen LogP contribution in [0.1, 0.15) is 20.3 Å². The number of carbonyl (C=O) groups is 3. The van der Waals surface area contributed by atoms with Gasteiger partial charge in [0.15, 0.2) is 0 Å². The van der Waals surface area contributed by atoms with Crippen molar-refractivity contribution in [2.24, 2.45) is 0 Å². The normalized spacial score (nSPS) is 15.7. The third-order valence-corrected chi connectivity index (χ3v) is 2.99. The standard InChI is InChI=1S/C13H24N4O3/c1-10(2)15-11(18)9-16(3)12(19)13(20)17-7-4-5-14-6-8-17/h10,14H,4-9H2,1-3H3,(H,15,18). The van der Waals surface area contributed by atoms with Gasteiger partial charge in [0.25, 0.3) is 0 Å². The number of hydrogen-bond acceptors (Lipinski definition) is 4. The summed E-state index contributed by atoms with van der Waals surface area (Å²) in [5.74, 6) is -1.43. The molecule has 1 aliphatic heterocycles. The Kier molecular flexibility index (Phi) is 6.44. The van der Waals surface area contributed by atoms with Gasteiger partial charge in [0.2, 0.25) is 5.91 Å². The predicted octanol–water partition coefficient (Wildman–Crippen LogP) is -1.21. The highest BCUT2D eigenvalue weighted by Crippen LogP contribution is 1.99. The largest absolute Gasteiger partial charge is 0.352 e. The van der Waals surface area contributed by atoms with Crippen LogP contribution < -0.4 is 10.6 Å². The van der Waals surface area contributed by atoms with Crippen molar-refractivity contribution < 1.29 is 14.4 Å². The second-order valence-electron chi connectivity index (χ2n) is 5.28. The van der Waals surface area contributed by atoms with E-state index in [4.69, 9.17) is 0 Å². The van der Waals surface area contributed by atoms with Crippen molar-refractivity contribution in [3.63, 3.8) is 0 Å². The van der Waals surface area contributed by atoms with E-state index in [1.54, 1.807) is 4.90 Å². The molecule has 0 aromatic heterocycles. The van der Waals surface area contributed by atoms with Crippen molar-refractivity contribution in [2.45, 2.75) is 26.3 Å². The SMILES string of the molecule is CC(C)NC(=O)CN(C)C(=O)C(=O)N1CCCNCC1.